The van der Waals surface area contributed by atoms with Gasteiger partial charge in [0.05, 0.1) is 5.71 Å². The van der Waals surface area contributed by atoms with E-state index in [-0.39, 0.29) is 6.10 Å². The van der Waals surface area contributed by atoms with Gasteiger partial charge in [-0.15, -0.1) is 0 Å². The first-order valence-electron chi connectivity index (χ1n) is 7.56. The molecule has 1 unspecified atom stereocenters. The molecule has 0 aliphatic carbocycles. The minimum Gasteiger partial charge on any atom is -0.396 e. The first kappa shape index (κ1) is 14.8. The zero-order valence-corrected chi connectivity index (χ0v) is 12.8. The van der Waals surface area contributed by atoms with Crippen molar-refractivity contribution in [2.75, 3.05) is 26.2 Å². The molecule has 1 N–H and O–H groups in total. The van der Waals surface area contributed by atoms with Gasteiger partial charge in [0.1, 0.15) is 6.10 Å². The number of oxime groups is 1. The lowest BCUT2D eigenvalue weighted by atomic mass is 9.97. The molecule has 21 heavy (non-hydrogen) atoms. The zero-order valence-electron chi connectivity index (χ0n) is 12.0. The highest BCUT2D eigenvalue weighted by Crippen LogP contribution is 2.22. The van der Waals surface area contributed by atoms with E-state index >= 15 is 0 Å². The van der Waals surface area contributed by atoms with E-state index in [4.69, 9.17) is 16.4 Å². The van der Waals surface area contributed by atoms with Crippen LogP contribution in [0.5, 0.6) is 0 Å². The van der Waals surface area contributed by atoms with Crippen molar-refractivity contribution in [2.24, 2.45) is 11.1 Å². The Labute approximate surface area is 130 Å². The number of halogens is 1. The van der Waals surface area contributed by atoms with Gasteiger partial charge in [-0.3, -0.25) is 4.90 Å². The van der Waals surface area contributed by atoms with Gasteiger partial charge >= 0.3 is 0 Å². The summed E-state index contributed by atoms with van der Waals surface area (Å²) >= 11 is 5.90. The van der Waals surface area contributed by atoms with Crippen LogP contribution in [0.25, 0.3) is 0 Å². The van der Waals surface area contributed by atoms with Crippen LogP contribution in [0.2, 0.25) is 5.02 Å². The first-order chi connectivity index (χ1) is 10.2. The van der Waals surface area contributed by atoms with E-state index in [1.807, 2.05) is 24.3 Å². The summed E-state index contributed by atoms with van der Waals surface area (Å²) in [6.07, 6.45) is 3.14. The van der Waals surface area contributed by atoms with Gasteiger partial charge in [-0.2, -0.15) is 0 Å². The quantitative estimate of drug-likeness (QED) is 0.929. The van der Waals surface area contributed by atoms with Crippen LogP contribution in [0.3, 0.4) is 0 Å². The maximum Gasteiger partial charge on any atom is 0.145 e. The topological polar surface area (TPSA) is 45.1 Å². The molecule has 1 aromatic rings. The molecule has 0 spiro atoms. The molecule has 1 aromatic carbocycles. The van der Waals surface area contributed by atoms with E-state index in [9.17, 15) is 5.11 Å². The van der Waals surface area contributed by atoms with E-state index in [1.165, 1.54) is 0 Å². The lowest BCUT2D eigenvalue weighted by Gasteiger charge is -2.31. The second-order valence-corrected chi connectivity index (χ2v) is 6.34. The average molecular weight is 309 g/mol. The van der Waals surface area contributed by atoms with Crippen LogP contribution < -0.4 is 0 Å². The second kappa shape index (κ2) is 6.77. The van der Waals surface area contributed by atoms with Crippen LogP contribution >= 0.6 is 11.6 Å². The molecule has 4 nitrogen and oxygen atoms in total. The number of nitrogens with zero attached hydrogens (tertiary/aromatic N) is 2. The molecule has 1 saturated heterocycles. The van der Waals surface area contributed by atoms with Crippen molar-refractivity contribution in [1.29, 1.82) is 0 Å². The summed E-state index contributed by atoms with van der Waals surface area (Å²) in [7, 11) is 0. The highest BCUT2D eigenvalue weighted by Gasteiger charge is 2.26. The molecule has 0 bridgehead atoms. The summed E-state index contributed by atoms with van der Waals surface area (Å²) in [6, 6.07) is 7.73. The monoisotopic (exact) mass is 308 g/mol. The predicted octanol–water partition coefficient (Wildman–Crippen LogP) is 2.54. The smallest absolute Gasteiger partial charge is 0.145 e. The van der Waals surface area contributed by atoms with Crippen LogP contribution in [-0.2, 0) is 4.84 Å². The minimum absolute atomic E-state index is 0.140. The molecular weight excluding hydrogens is 288 g/mol. The summed E-state index contributed by atoms with van der Waals surface area (Å²) < 4.78 is 0. The van der Waals surface area contributed by atoms with E-state index in [2.05, 4.69) is 10.1 Å². The molecule has 2 aliphatic heterocycles. The predicted molar refractivity (Wildman–Crippen MR) is 83.7 cm³/mol. The number of aliphatic hydroxyl groups excluding tert-OH is 1. The van der Waals surface area contributed by atoms with Crippen LogP contribution in [0.15, 0.2) is 29.4 Å². The second-order valence-electron chi connectivity index (χ2n) is 5.90. The van der Waals surface area contributed by atoms with E-state index in [0.29, 0.717) is 12.5 Å². The molecular formula is C16H21ClN2O2. The third kappa shape index (κ3) is 3.76. The molecule has 114 valence electrons. The van der Waals surface area contributed by atoms with Gasteiger partial charge in [-0.05, 0) is 49.5 Å². The van der Waals surface area contributed by atoms with Crippen LogP contribution in [-0.4, -0.2) is 48.1 Å². The number of hydrogen-bond donors (Lipinski definition) is 1. The highest BCUT2D eigenvalue weighted by molar-refractivity contribution is 6.30. The molecule has 3 rings (SSSR count). The Bertz CT molecular complexity index is 496. The van der Waals surface area contributed by atoms with Crippen molar-refractivity contribution in [1.82, 2.24) is 4.90 Å². The van der Waals surface area contributed by atoms with Crippen molar-refractivity contribution in [2.45, 2.75) is 25.4 Å². The van der Waals surface area contributed by atoms with Gasteiger partial charge in [0.2, 0.25) is 0 Å². The Morgan fingerprint density at radius 1 is 1.24 bits per heavy atom. The highest BCUT2D eigenvalue weighted by atomic mass is 35.5. The molecule has 1 atom stereocenters. The summed E-state index contributed by atoms with van der Waals surface area (Å²) in [6.45, 7) is 3.32. The van der Waals surface area contributed by atoms with Crippen molar-refractivity contribution < 1.29 is 9.94 Å². The van der Waals surface area contributed by atoms with Gasteiger partial charge in [0, 0.05) is 24.6 Å². The molecule has 0 radical (unpaired) electrons. The molecule has 5 heteroatoms. The Morgan fingerprint density at radius 2 is 1.95 bits per heavy atom. The SMILES string of the molecule is OCC1CCN(CC2CC(c3ccc(Cl)cc3)=NO2)CC1. The van der Waals surface area contributed by atoms with Crippen LogP contribution in [0.4, 0.5) is 0 Å². The molecule has 1 fully saturated rings. The zero-order chi connectivity index (χ0) is 14.7. The number of hydrogen-bond acceptors (Lipinski definition) is 4. The summed E-state index contributed by atoms with van der Waals surface area (Å²) in [5.74, 6) is 0.478. The number of piperidine rings is 1. The molecule has 2 heterocycles. The third-order valence-corrected chi connectivity index (χ3v) is 4.59. The molecule has 0 aromatic heterocycles. The number of rotatable bonds is 4. The van der Waals surface area contributed by atoms with E-state index < -0.39 is 0 Å². The first-order valence-corrected chi connectivity index (χ1v) is 7.94. The molecule has 2 aliphatic rings. The van der Waals surface area contributed by atoms with Crippen molar-refractivity contribution in [3.8, 4) is 0 Å². The lowest BCUT2D eigenvalue weighted by molar-refractivity contribution is 0.0373. The van der Waals surface area contributed by atoms with Gasteiger partial charge in [0.25, 0.3) is 0 Å². The Kier molecular flexibility index (Phi) is 4.78. The largest absolute Gasteiger partial charge is 0.396 e. The normalized spacial score (nSPS) is 23.9. The standard InChI is InChI=1S/C16H21ClN2O2/c17-14-3-1-13(2-4-14)16-9-15(21-18-16)10-19-7-5-12(11-20)6-8-19/h1-4,12,15,20H,5-11H2. The summed E-state index contributed by atoms with van der Waals surface area (Å²) in [5, 5.41) is 14.1. The summed E-state index contributed by atoms with van der Waals surface area (Å²) in [4.78, 5) is 7.98. The van der Waals surface area contributed by atoms with E-state index in [0.717, 1.165) is 55.2 Å². The summed E-state index contributed by atoms with van der Waals surface area (Å²) in [5.41, 5.74) is 2.09. The minimum atomic E-state index is 0.140. The van der Waals surface area contributed by atoms with Crippen molar-refractivity contribution in [3.05, 3.63) is 34.9 Å². The number of likely N-dealkylation sites (tertiary alicyclic amines) is 1. The Balaban J connectivity index is 1.49. The third-order valence-electron chi connectivity index (χ3n) is 4.34. The van der Waals surface area contributed by atoms with Gasteiger partial charge < -0.3 is 9.94 Å². The van der Waals surface area contributed by atoms with Gasteiger partial charge in [-0.1, -0.05) is 28.9 Å². The average Bonchev–Trinajstić information content (AvgIpc) is 2.97. The molecule has 0 amide bonds. The number of benzene rings is 1. The Morgan fingerprint density at radius 3 is 2.62 bits per heavy atom. The fourth-order valence-electron chi connectivity index (χ4n) is 2.98. The van der Waals surface area contributed by atoms with E-state index in [1.54, 1.807) is 0 Å². The fourth-order valence-corrected chi connectivity index (χ4v) is 3.10. The van der Waals surface area contributed by atoms with Gasteiger partial charge in [-0.25, -0.2) is 0 Å². The Hall–Kier alpha value is -1.10. The van der Waals surface area contributed by atoms with Crippen molar-refractivity contribution in [3.63, 3.8) is 0 Å². The molecule has 0 saturated carbocycles. The maximum absolute atomic E-state index is 9.17. The van der Waals surface area contributed by atoms with Crippen LogP contribution in [0, 0.1) is 5.92 Å². The van der Waals surface area contributed by atoms with Crippen molar-refractivity contribution >= 4 is 17.3 Å². The fraction of sp³-hybridized carbons (Fsp3) is 0.562. The van der Waals surface area contributed by atoms with Gasteiger partial charge in [0.15, 0.2) is 0 Å². The van der Waals surface area contributed by atoms with Crippen LogP contribution in [0.1, 0.15) is 24.8 Å². The lowest BCUT2D eigenvalue weighted by Crippen LogP contribution is -2.39. The number of aliphatic hydroxyl groups is 1. The maximum atomic E-state index is 9.17.